The summed E-state index contributed by atoms with van der Waals surface area (Å²) in [7, 11) is 0. The predicted octanol–water partition coefficient (Wildman–Crippen LogP) is 12.0. The fourth-order valence-electron chi connectivity index (χ4n) is 6.68. The van der Waals surface area contributed by atoms with Gasteiger partial charge in [-0.1, -0.05) is 140 Å². The molecule has 0 saturated heterocycles. The number of fused-ring (bicyclic) bond motifs is 11. The van der Waals surface area contributed by atoms with Crippen molar-refractivity contribution < 1.29 is 0 Å². The van der Waals surface area contributed by atoms with Crippen LogP contribution in [0.4, 0.5) is 0 Å². The second-order valence-corrected chi connectivity index (χ2v) is 11.9. The van der Waals surface area contributed by atoms with Gasteiger partial charge >= 0.3 is 0 Å². The third kappa shape index (κ3) is 3.40. The average Bonchev–Trinajstić information content (AvgIpc) is 3.44. The SMILES string of the molecule is c1ccc2c(c1)ccc1c3cccc(-c4ccc(-c5ccc6c7ccccc7c7ccccc7c6c5)cc4)c3sc21. The highest BCUT2D eigenvalue weighted by molar-refractivity contribution is 7.27. The minimum atomic E-state index is 1.24. The number of hydrogen-bond donors (Lipinski definition) is 0. The van der Waals surface area contributed by atoms with Crippen LogP contribution < -0.4 is 0 Å². The Kier molecular flexibility index (Phi) is 4.87. The van der Waals surface area contributed by atoms with Crippen LogP contribution in [-0.2, 0) is 0 Å². The summed E-state index contributed by atoms with van der Waals surface area (Å²) in [5.41, 5.74) is 5.04. The van der Waals surface area contributed by atoms with Crippen molar-refractivity contribution in [3.63, 3.8) is 0 Å². The monoisotopic (exact) mass is 536 g/mol. The van der Waals surface area contributed by atoms with Gasteiger partial charge < -0.3 is 0 Å². The zero-order valence-electron chi connectivity index (χ0n) is 22.3. The van der Waals surface area contributed by atoms with Crippen LogP contribution in [0.3, 0.4) is 0 Å². The normalized spacial score (nSPS) is 11.9. The largest absolute Gasteiger partial charge is 0.134 e. The molecule has 0 radical (unpaired) electrons. The lowest BCUT2D eigenvalue weighted by molar-refractivity contribution is 1.63. The van der Waals surface area contributed by atoms with Gasteiger partial charge in [-0.05, 0) is 71.4 Å². The lowest BCUT2D eigenvalue weighted by Crippen LogP contribution is -1.85. The first-order valence-corrected chi connectivity index (χ1v) is 14.9. The van der Waals surface area contributed by atoms with Crippen LogP contribution in [-0.4, -0.2) is 0 Å². The Labute approximate surface area is 241 Å². The van der Waals surface area contributed by atoms with Crippen molar-refractivity contribution in [2.75, 3.05) is 0 Å². The molecule has 0 N–H and O–H groups in total. The summed E-state index contributed by atoms with van der Waals surface area (Å²) in [6.07, 6.45) is 0. The molecule has 0 spiro atoms. The van der Waals surface area contributed by atoms with E-state index in [4.69, 9.17) is 0 Å². The molecule has 9 rings (SSSR count). The first-order valence-electron chi connectivity index (χ1n) is 14.1. The van der Waals surface area contributed by atoms with Crippen molar-refractivity contribution in [3.8, 4) is 22.3 Å². The maximum absolute atomic E-state index is 2.37. The van der Waals surface area contributed by atoms with Gasteiger partial charge in [0.05, 0.1) is 0 Å². The summed E-state index contributed by atoms with van der Waals surface area (Å²) >= 11 is 1.92. The minimum Gasteiger partial charge on any atom is -0.134 e. The summed E-state index contributed by atoms with van der Waals surface area (Å²) in [5, 5.41) is 13.2. The second kappa shape index (κ2) is 8.76. The van der Waals surface area contributed by atoms with Crippen molar-refractivity contribution >= 4 is 74.6 Å². The molecule has 0 atom stereocenters. The topological polar surface area (TPSA) is 0 Å². The Morgan fingerprint density at radius 2 is 0.805 bits per heavy atom. The van der Waals surface area contributed by atoms with E-state index in [1.54, 1.807) is 0 Å². The molecule has 41 heavy (non-hydrogen) atoms. The molecule has 0 aliphatic rings. The Balaban J connectivity index is 1.19. The van der Waals surface area contributed by atoms with Crippen LogP contribution in [0, 0.1) is 0 Å². The van der Waals surface area contributed by atoms with Gasteiger partial charge in [-0.15, -0.1) is 11.3 Å². The summed E-state index contributed by atoms with van der Waals surface area (Å²) in [6.45, 7) is 0. The van der Waals surface area contributed by atoms with E-state index >= 15 is 0 Å². The van der Waals surface area contributed by atoms with Crippen LogP contribution in [0.1, 0.15) is 0 Å². The molecule has 0 aliphatic heterocycles. The van der Waals surface area contributed by atoms with E-state index in [9.17, 15) is 0 Å². The number of benzene rings is 8. The van der Waals surface area contributed by atoms with Gasteiger partial charge in [0.25, 0.3) is 0 Å². The quantitative estimate of drug-likeness (QED) is 0.193. The van der Waals surface area contributed by atoms with Gasteiger partial charge in [0.1, 0.15) is 0 Å². The number of hydrogen-bond acceptors (Lipinski definition) is 1. The number of rotatable bonds is 2. The van der Waals surface area contributed by atoms with E-state index in [0.29, 0.717) is 0 Å². The zero-order valence-corrected chi connectivity index (χ0v) is 23.1. The van der Waals surface area contributed by atoms with Crippen molar-refractivity contribution in [1.82, 2.24) is 0 Å². The van der Waals surface area contributed by atoms with E-state index < -0.39 is 0 Å². The van der Waals surface area contributed by atoms with Gasteiger partial charge in [-0.25, -0.2) is 0 Å². The molecule has 9 aromatic rings. The van der Waals surface area contributed by atoms with Gasteiger partial charge in [0, 0.05) is 20.2 Å². The molecular weight excluding hydrogens is 513 g/mol. The van der Waals surface area contributed by atoms with Gasteiger partial charge in [-0.2, -0.15) is 0 Å². The number of thiophene rings is 1. The zero-order chi connectivity index (χ0) is 26.9. The molecule has 1 aromatic heterocycles. The Hall–Kier alpha value is -4.98. The van der Waals surface area contributed by atoms with Crippen molar-refractivity contribution in [2.45, 2.75) is 0 Å². The molecule has 0 saturated carbocycles. The van der Waals surface area contributed by atoms with Crippen LogP contribution in [0.2, 0.25) is 0 Å². The Bertz CT molecular complexity index is 2420. The van der Waals surface area contributed by atoms with Crippen LogP contribution >= 0.6 is 11.3 Å². The van der Waals surface area contributed by atoms with Crippen LogP contribution in [0.25, 0.3) is 85.5 Å². The van der Waals surface area contributed by atoms with Crippen molar-refractivity contribution in [1.29, 1.82) is 0 Å². The van der Waals surface area contributed by atoms with E-state index in [0.717, 1.165) is 0 Å². The van der Waals surface area contributed by atoms with Gasteiger partial charge in [0.15, 0.2) is 0 Å². The molecule has 0 aliphatic carbocycles. The van der Waals surface area contributed by atoms with Crippen LogP contribution in [0.15, 0.2) is 146 Å². The first-order chi connectivity index (χ1) is 20.3. The summed E-state index contributed by atoms with van der Waals surface area (Å²) in [6, 6.07) is 53.6. The maximum Gasteiger partial charge on any atom is 0.0434 e. The minimum absolute atomic E-state index is 1.24. The fourth-order valence-corrected chi connectivity index (χ4v) is 8.05. The molecule has 0 nitrogen and oxygen atoms in total. The fraction of sp³-hybridized carbons (Fsp3) is 0. The van der Waals surface area contributed by atoms with Crippen molar-refractivity contribution in [2.24, 2.45) is 0 Å². The predicted molar refractivity (Wildman–Crippen MR) is 180 cm³/mol. The second-order valence-electron chi connectivity index (χ2n) is 10.9. The highest BCUT2D eigenvalue weighted by Gasteiger charge is 2.13. The molecule has 0 fully saturated rings. The lowest BCUT2D eigenvalue weighted by Gasteiger charge is -2.12. The van der Waals surface area contributed by atoms with Gasteiger partial charge in [0.2, 0.25) is 0 Å². The third-order valence-corrected chi connectivity index (χ3v) is 9.95. The molecule has 1 heteroatoms. The highest BCUT2D eigenvalue weighted by atomic mass is 32.1. The van der Waals surface area contributed by atoms with Crippen LogP contribution in [0.5, 0.6) is 0 Å². The van der Waals surface area contributed by atoms with E-state index in [1.807, 2.05) is 11.3 Å². The summed E-state index contributed by atoms with van der Waals surface area (Å²) in [5.74, 6) is 0. The van der Waals surface area contributed by atoms with Gasteiger partial charge in [-0.3, -0.25) is 0 Å². The molecular formula is C40H24S. The Morgan fingerprint density at radius 3 is 1.54 bits per heavy atom. The third-order valence-electron chi connectivity index (χ3n) is 8.66. The lowest BCUT2D eigenvalue weighted by atomic mass is 9.92. The molecule has 1 heterocycles. The molecule has 8 aromatic carbocycles. The van der Waals surface area contributed by atoms with E-state index in [2.05, 4.69) is 146 Å². The Morgan fingerprint density at radius 1 is 0.293 bits per heavy atom. The summed E-state index contributed by atoms with van der Waals surface area (Å²) < 4.78 is 2.73. The molecule has 190 valence electrons. The smallest absolute Gasteiger partial charge is 0.0434 e. The maximum atomic E-state index is 2.37. The molecule has 0 unspecified atom stereocenters. The standard InChI is InChI=1S/C40H24S/c1-2-9-29-26(8-1)20-23-37-36-15-7-14-30(39(36)41-40(29)37)27-18-16-25(17-19-27)28-21-22-35-33-12-4-3-10-31(33)32-11-5-6-13-34(32)38(35)24-28/h1-24H. The first kappa shape index (κ1) is 22.8. The average molecular weight is 537 g/mol. The highest BCUT2D eigenvalue weighted by Crippen LogP contribution is 2.43. The summed E-state index contributed by atoms with van der Waals surface area (Å²) in [4.78, 5) is 0. The van der Waals surface area contributed by atoms with Crippen molar-refractivity contribution in [3.05, 3.63) is 146 Å². The molecule has 0 amide bonds. The van der Waals surface area contributed by atoms with E-state index in [1.165, 1.54) is 85.5 Å². The molecule has 0 bridgehead atoms. The van der Waals surface area contributed by atoms with E-state index in [-0.39, 0.29) is 0 Å².